The molecule has 3 amide bonds. The summed E-state index contributed by atoms with van der Waals surface area (Å²) in [7, 11) is 3.97. The molecule has 2 N–H and O–H groups in total. The van der Waals surface area contributed by atoms with E-state index in [1.807, 2.05) is 54.8 Å². The highest BCUT2D eigenvalue weighted by molar-refractivity contribution is 7.97. The highest BCUT2D eigenvalue weighted by atomic mass is 35.5. The lowest BCUT2D eigenvalue weighted by molar-refractivity contribution is -0.136. The first-order valence-electron chi connectivity index (χ1n) is 12.3. The molecule has 38 heavy (non-hydrogen) atoms. The number of halogens is 1. The number of carbonyl (C=O) groups excluding carboxylic acids is 3. The Morgan fingerprint density at radius 3 is 2.61 bits per heavy atom. The first kappa shape index (κ1) is 24.9. The van der Waals surface area contributed by atoms with E-state index >= 15 is 0 Å². The Kier molecular flexibility index (Phi) is 6.16. The van der Waals surface area contributed by atoms with E-state index in [9.17, 15) is 14.4 Å². The molecule has 0 bridgehead atoms. The number of fused-ring (bicyclic) bond motifs is 1. The lowest BCUT2D eigenvalue weighted by Gasteiger charge is -2.29. The number of hydrogen-bond donors (Lipinski definition) is 2. The minimum Gasteiger partial charge on any atom is -0.403 e. The summed E-state index contributed by atoms with van der Waals surface area (Å²) in [6, 6.07) is 11.2. The number of hydrogen-bond acceptors (Lipinski definition) is 9. The van der Waals surface area contributed by atoms with Gasteiger partial charge in [-0.05, 0) is 87.3 Å². The summed E-state index contributed by atoms with van der Waals surface area (Å²) < 4.78 is 7.94. The van der Waals surface area contributed by atoms with Crippen molar-refractivity contribution in [2.75, 3.05) is 19.4 Å². The van der Waals surface area contributed by atoms with Crippen molar-refractivity contribution in [3.8, 4) is 11.5 Å². The highest BCUT2D eigenvalue weighted by Gasteiger charge is 2.48. The van der Waals surface area contributed by atoms with Gasteiger partial charge in [0, 0.05) is 39.6 Å². The van der Waals surface area contributed by atoms with Gasteiger partial charge in [-0.2, -0.15) is 0 Å². The molecule has 0 radical (unpaired) electrons. The largest absolute Gasteiger partial charge is 0.403 e. The van der Waals surface area contributed by atoms with Crippen LogP contribution in [0.1, 0.15) is 47.2 Å². The van der Waals surface area contributed by atoms with Crippen LogP contribution in [0.4, 0.5) is 6.01 Å². The van der Waals surface area contributed by atoms with Gasteiger partial charge in [-0.1, -0.05) is 16.7 Å². The first-order chi connectivity index (χ1) is 18.2. The molecule has 2 aliphatic heterocycles. The van der Waals surface area contributed by atoms with Crippen molar-refractivity contribution in [1.29, 1.82) is 0 Å². The van der Waals surface area contributed by atoms with Crippen molar-refractivity contribution in [3.63, 3.8) is 0 Å². The van der Waals surface area contributed by atoms with Gasteiger partial charge in [-0.3, -0.25) is 24.0 Å². The summed E-state index contributed by atoms with van der Waals surface area (Å²) in [6.45, 7) is 0.235. The third kappa shape index (κ3) is 4.55. The lowest BCUT2D eigenvalue weighted by atomic mass is 9.99. The van der Waals surface area contributed by atoms with Crippen molar-refractivity contribution in [2.45, 2.75) is 48.7 Å². The summed E-state index contributed by atoms with van der Waals surface area (Å²) in [4.78, 5) is 39.8. The van der Waals surface area contributed by atoms with E-state index in [0.29, 0.717) is 28.5 Å². The van der Waals surface area contributed by atoms with E-state index in [1.165, 1.54) is 4.90 Å². The topological polar surface area (TPSA) is 121 Å². The molecule has 1 atom stereocenters. The van der Waals surface area contributed by atoms with E-state index in [1.54, 1.807) is 11.9 Å². The van der Waals surface area contributed by atoms with Gasteiger partial charge in [-0.25, -0.2) is 0 Å². The normalized spacial score (nSPS) is 20.1. The minimum atomic E-state index is -0.688. The van der Waals surface area contributed by atoms with Crippen LogP contribution in [-0.4, -0.2) is 57.3 Å². The molecule has 1 aromatic heterocycles. The van der Waals surface area contributed by atoms with Crippen molar-refractivity contribution in [3.05, 3.63) is 58.1 Å². The van der Waals surface area contributed by atoms with Gasteiger partial charge in [0.1, 0.15) is 6.04 Å². The van der Waals surface area contributed by atoms with E-state index in [0.717, 1.165) is 28.9 Å². The van der Waals surface area contributed by atoms with Crippen LogP contribution in [-0.2, 0) is 21.7 Å². The van der Waals surface area contributed by atoms with Gasteiger partial charge in [-0.15, -0.1) is 5.10 Å². The summed E-state index contributed by atoms with van der Waals surface area (Å²) in [6.07, 6.45) is 2.12. The predicted molar refractivity (Wildman–Crippen MR) is 141 cm³/mol. The molecule has 10 nitrogen and oxygen atoms in total. The maximum Gasteiger partial charge on any atom is 0.316 e. The van der Waals surface area contributed by atoms with Crippen LogP contribution in [0, 0.1) is 0 Å². The number of rotatable bonds is 7. The van der Waals surface area contributed by atoms with Gasteiger partial charge >= 0.3 is 6.01 Å². The van der Waals surface area contributed by atoms with Gasteiger partial charge in [0.2, 0.25) is 17.7 Å². The molecule has 1 aliphatic carbocycles. The number of nitrogens with zero attached hydrogens (tertiary/aromatic N) is 4. The van der Waals surface area contributed by atoms with E-state index in [2.05, 4.69) is 20.8 Å². The zero-order valence-corrected chi connectivity index (χ0v) is 22.4. The molecule has 2 fully saturated rings. The number of anilines is 1. The Labute approximate surface area is 228 Å². The monoisotopic (exact) mass is 552 g/mol. The Hall–Kier alpha value is -3.41. The molecule has 3 aromatic rings. The van der Waals surface area contributed by atoms with Crippen LogP contribution < -0.4 is 10.6 Å². The number of amides is 3. The van der Waals surface area contributed by atoms with E-state index in [4.69, 9.17) is 16.0 Å². The molecular formula is C26H25ClN6O4S. The summed E-state index contributed by atoms with van der Waals surface area (Å²) in [5.74, 6) is -0.615. The van der Waals surface area contributed by atoms with Crippen molar-refractivity contribution in [1.82, 2.24) is 24.7 Å². The zero-order valence-electron chi connectivity index (χ0n) is 20.8. The van der Waals surface area contributed by atoms with Gasteiger partial charge in [0.05, 0.1) is 5.54 Å². The van der Waals surface area contributed by atoms with Gasteiger partial charge in [0.15, 0.2) is 0 Å². The summed E-state index contributed by atoms with van der Waals surface area (Å²) >= 11 is 8.27. The summed E-state index contributed by atoms with van der Waals surface area (Å²) in [5, 5.41) is 14.5. The maximum atomic E-state index is 13.3. The Morgan fingerprint density at radius 2 is 1.92 bits per heavy atom. The number of carbonyl (C=O) groups is 3. The number of piperidine rings is 1. The van der Waals surface area contributed by atoms with E-state index in [-0.39, 0.29) is 30.8 Å². The van der Waals surface area contributed by atoms with Crippen LogP contribution in [0.25, 0.3) is 11.5 Å². The van der Waals surface area contributed by atoms with Crippen LogP contribution in [0.2, 0.25) is 5.02 Å². The average Bonchev–Trinajstić information content (AvgIpc) is 3.37. The Balaban J connectivity index is 1.20. The predicted octanol–water partition coefficient (Wildman–Crippen LogP) is 3.82. The molecule has 2 aromatic carbocycles. The second-order valence-electron chi connectivity index (χ2n) is 9.93. The summed E-state index contributed by atoms with van der Waals surface area (Å²) in [5.41, 5.74) is 2.36. The molecule has 0 spiro atoms. The number of imide groups is 1. The molecule has 12 heteroatoms. The Bertz CT molecular complexity index is 1450. The van der Waals surface area contributed by atoms with Crippen LogP contribution in [0.5, 0.6) is 0 Å². The third-order valence-electron chi connectivity index (χ3n) is 7.06. The molecule has 6 rings (SSSR count). The van der Waals surface area contributed by atoms with Crippen LogP contribution in [0.3, 0.4) is 0 Å². The van der Waals surface area contributed by atoms with Gasteiger partial charge < -0.3 is 14.6 Å². The maximum absolute atomic E-state index is 13.3. The second-order valence-corrected chi connectivity index (χ2v) is 11.7. The second kappa shape index (κ2) is 9.40. The molecule has 3 heterocycles. The van der Waals surface area contributed by atoms with Crippen LogP contribution >= 0.6 is 23.5 Å². The minimum absolute atomic E-state index is 0.202. The number of nitrogens with one attached hydrogen (secondary N) is 2. The molecular weight excluding hydrogens is 528 g/mol. The lowest BCUT2D eigenvalue weighted by Crippen LogP contribution is -2.52. The zero-order chi connectivity index (χ0) is 26.6. The fraction of sp³-hybridized carbons (Fsp3) is 0.346. The quantitative estimate of drug-likeness (QED) is 0.333. The van der Waals surface area contributed by atoms with Crippen molar-refractivity contribution in [2.24, 2.45) is 0 Å². The number of aromatic nitrogens is 2. The van der Waals surface area contributed by atoms with Crippen molar-refractivity contribution < 1.29 is 18.8 Å². The molecule has 196 valence electrons. The molecule has 1 unspecified atom stereocenters. The average molecular weight is 553 g/mol. The SMILES string of the molecule is CN(C)Sc1ccc(-c2nnc(NC3(c4cc(Cl)c5c(c4)C(=O)N(C4CCC(=O)NC4=O)C5)CC3)o2)cc1. The number of benzene rings is 2. The molecule has 3 aliphatic rings. The van der Waals surface area contributed by atoms with Crippen molar-refractivity contribution >= 4 is 47.3 Å². The fourth-order valence-corrected chi connectivity index (χ4v) is 5.93. The standard InChI is InChI=1S/C26H25ClN6O4S/c1-32(2)38-16-5-3-14(4-6-16)23-30-31-25(37-23)29-26(9-10-26)15-11-17-18(19(27)12-15)13-33(24(17)36)20-7-8-21(34)28-22(20)35/h3-6,11-12,20H,7-10,13H2,1-2H3,(H,29,31)(H,28,34,35). The first-order valence-corrected chi connectivity index (χ1v) is 13.4. The smallest absolute Gasteiger partial charge is 0.316 e. The van der Waals surface area contributed by atoms with E-state index < -0.39 is 17.5 Å². The fourth-order valence-electron chi connectivity index (χ4n) is 4.97. The highest BCUT2D eigenvalue weighted by Crippen LogP contribution is 2.50. The van der Waals surface area contributed by atoms with Crippen LogP contribution in [0.15, 0.2) is 45.7 Å². The van der Waals surface area contributed by atoms with Gasteiger partial charge in [0.25, 0.3) is 5.91 Å². The molecule has 1 saturated heterocycles. The third-order valence-corrected chi connectivity index (χ3v) is 8.25. The molecule has 1 saturated carbocycles. The Morgan fingerprint density at radius 1 is 1.16 bits per heavy atom.